The van der Waals surface area contributed by atoms with Gasteiger partial charge in [-0.15, -0.1) is 10.2 Å². The van der Waals surface area contributed by atoms with Gasteiger partial charge in [-0.2, -0.15) is 0 Å². The molecule has 0 bridgehead atoms. The van der Waals surface area contributed by atoms with Crippen LogP contribution < -0.4 is 10.1 Å². The number of amides is 1. The van der Waals surface area contributed by atoms with Crippen molar-refractivity contribution in [1.29, 1.82) is 0 Å². The molecule has 2 heterocycles. The minimum atomic E-state index is -0.102. The van der Waals surface area contributed by atoms with E-state index in [0.717, 1.165) is 23.3 Å². The predicted molar refractivity (Wildman–Crippen MR) is 108 cm³/mol. The third-order valence-electron chi connectivity index (χ3n) is 4.42. The van der Waals surface area contributed by atoms with Crippen LogP contribution in [0.4, 0.5) is 5.69 Å². The van der Waals surface area contributed by atoms with Crippen molar-refractivity contribution in [3.8, 4) is 11.6 Å². The van der Waals surface area contributed by atoms with Crippen LogP contribution in [0.2, 0.25) is 0 Å². The molecule has 7 heteroatoms. The molecule has 0 radical (unpaired) electrons. The number of nitrogens with one attached hydrogen (secondary N) is 1. The Labute approximate surface area is 162 Å². The molecule has 2 aromatic heterocycles. The number of nitrogens with zero attached hydrogens (tertiary/aromatic N) is 4. The highest BCUT2D eigenvalue weighted by atomic mass is 16.5. The number of hydrogen-bond acceptors (Lipinski definition) is 5. The van der Waals surface area contributed by atoms with Gasteiger partial charge in [-0.25, -0.2) is 4.98 Å². The van der Waals surface area contributed by atoms with Crippen molar-refractivity contribution < 1.29 is 9.53 Å². The van der Waals surface area contributed by atoms with Crippen LogP contribution in [0.15, 0.2) is 48.5 Å². The molecule has 0 saturated carbocycles. The van der Waals surface area contributed by atoms with E-state index >= 15 is 0 Å². The van der Waals surface area contributed by atoms with E-state index < -0.39 is 0 Å². The highest BCUT2D eigenvalue weighted by Crippen LogP contribution is 2.29. The normalized spacial score (nSPS) is 11.3. The largest absolute Gasteiger partial charge is 0.436 e. The molecule has 0 atom stereocenters. The van der Waals surface area contributed by atoms with E-state index in [9.17, 15) is 4.79 Å². The number of anilines is 1. The quantitative estimate of drug-likeness (QED) is 0.565. The molecule has 0 aliphatic heterocycles. The van der Waals surface area contributed by atoms with Gasteiger partial charge in [0.05, 0.1) is 11.0 Å². The standard InChI is InChI=1S/C21H21N5O2/c1-4-18-24-25-19-21(23-16-10-5-6-11-17(16)26(18)19)28-15-9-7-8-14(12-15)22-20(27)13(2)3/h5-13H,4H2,1-3H3,(H,22,27). The molecule has 0 fully saturated rings. The Morgan fingerprint density at radius 1 is 1.14 bits per heavy atom. The Hall–Kier alpha value is -3.48. The zero-order chi connectivity index (χ0) is 19.7. The maximum Gasteiger partial charge on any atom is 0.266 e. The number of carbonyl (C=O) groups is 1. The number of hydrogen-bond donors (Lipinski definition) is 1. The van der Waals surface area contributed by atoms with E-state index in [4.69, 9.17) is 4.74 Å². The Bertz CT molecular complexity index is 1170. The van der Waals surface area contributed by atoms with Gasteiger partial charge in [0.2, 0.25) is 11.6 Å². The SMILES string of the molecule is CCc1nnc2c(Oc3cccc(NC(=O)C(C)C)c3)nc3ccccc3n12. The molecule has 142 valence electrons. The van der Waals surface area contributed by atoms with Gasteiger partial charge >= 0.3 is 0 Å². The first-order valence-electron chi connectivity index (χ1n) is 9.28. The fraction of sp³-hybridized carbons (Fsp3) is 0.238. The number of ether oxygens (including phenoxy) is 1. The molecule has 4 aromatic rings. The van der Waals surface area contributed by atoms with Gasteiger partial charge in [0.15, 0.2) is 0 Å². The molecule has 1 N–H and O–H groups in total. The maximum atomic E-state index is 12.0. The Kier molecular flexibility index (Phi) is 4.65. The first-order valence-corrected chi connectivity index (χ1v) is 9.28. The van der Waals surface area contributed by atoms with Gasteiger partial charge < -0.3 is 10.1 Å². The second-order valence-corrected chi connectivity index (χ2v) is 6.81. The monoisotopic (exact) mass is 375 g/mol. The number of rotatable bonds is 5. The van der Waals surface area contributed by atoms with Crippen molar-refractivity contribution in [3.63, 3.8) is 0 Å². The Morgan fingerprint density at radius 2 is 1.96 bits per heavy atom. The second-order valence-electron chi connectivity index (χ2n) is 6.81. The van der Waals surface area contributed by atoms with E-state index in [-0.39, 0.29) is 11.8 Å². The number of benzene rings is 2. The second kappa shape index (κ2) is 7.26. The lowest BCUT2D eigenvalue weighted by Gasteiger charge is -2.11. The predicted octanol–water partition coefficient (Wildman–Crippen LogP) is 4.23. The fourth-order valence-corrected chi connectivity index (χ4v) is 2.95. The molecule has 1 amide bonds. The zero-order valence-corrected chi connectivity index (χ0v) is 16.0. The zero-order valence-electron chi connectivity index (χ0n) is 16.0. The van der Waals surface area contributed by atoms with Crippen LogP contribution in [0.25, 0.3) is 16.7 Å². The average Bonchev–Trinajstić information content (AvgIpc) is 3.13. The summed E-state index contributed by atoms with van der Waals surface area (Å²) in [5, 5.41) is 11.4. The summed E-state index contributed by atoms with van der Waals surface area (Å²) in [6.07, 6.45) is 0.741. The van der Waals surface area contributed by atoms with Gasteiger partial charge in [0.25, 0.3) is 5.88 Å². The first kappa shape index (κ1) is 17.9. The van der Waals surface area contributed by atoms with E-state index in [2.05, 4.69) is 20.5 Å². The summed E-state index contributed by atoms with van der Waals surface area (Å²) in [4.78, 5) is 16.6. The van der Waals surface area contributed by atoms with Crippen molar-refractivity contribution in [2.75, 3.05) is 5.32 Å². The lowest BCUT2D eigenvalue weighted by atomic mass is 10.2. The Morgan fingerprint density at radius 3 is 2.75 bits per heavy atom. The number of para-hydroxylation sites is 2. The van der Waals surface area contributed by atoms with E-state index in [0.29, 0.717) is 23.0 Å². The molecule has 0 aliphatic carbocycles. The minimum absolute atomic E-state index is 0.0478. The molecule has 0 aliphatic rings. The third-order valence-corrected chi connectivity index (χ3v) is 4.42. The summed E-state index contributed by atoms with van der Waals surface area (Å²) in [6.45, 7) is 5.73. The lowest BCUT2D eigenvalue weighted by Crippen LogP contribution is -2.17. The molecule has 0 spiro atoms. The van der Waals surface area contributed by atoms with Crippen LogP contribution in [-0.2, 0) is 11.2 Å². The van der Waals surface area contributed by atoms with E-state index in [1.165, 1.54) is 0 Å². The molecule has 7 nitrogen and oxygen atoms in total. The topological polar surface area (TPSA) is 81.4 Å². The highest BCUT2D eigenvalue weighted by Gasteiger charge is 2.16. The highest BCUT2D eigenvalue weighted by molar-refractivity contribution is 5.92. The molecule has 28 heavy (non-hydrogen) atoms. The van der Waals surface area contributed by atoms with Crippen molar-refractivity contribution in [2.45, 2.75) is 27.2 Å². The third kappa shape index (κ3) is 3.26. The van der Waals surface area contributed by atoms with Gasteiger partial charge in [-0.1, -0.05) is 39.0 Å². The van der Waals surface area contributed by atoms with Crippen molar-refractivity contribution in [2.24, 2.45) is 5.92 Å². The van der Waals surface area contributed by atoms with E-state index in [1.807, 2.05) is 67.6 Å². The minimum Gasteiger partial charge on any atom is -0.436 e. The van der Waals surface area contributed by atoms with Gasteiger partial charge in [-0.3, -0.25) is 9.20 Å². The van der Waals surface area contributed by atoms with Crippen LogP contribution >= 0.6 is 0 Å². The summed E-state index contributed by atoms with van der Waals surface area (Å²) >= 11 is 0. The van der Waals surface area contributed by atoms with E-state index in [1.54, 1.807) is 6.07 Å². The van der Waals surface area contributed by atoms with Crippen molar-refractivity contribution in [3.05, 3.63) is 54.4 Å². The summed E-state index contributed by atoms with van der Waals surface area (Å²) < 4.78 is 8.03. The van der Waals surface area contributed by atoms with Crippen LogP contribution in [-0.4, -0.2) is 25.5 Å². The fourth-order valence-electron chi connectivity index (χ4n) is 2.95. The van der Waals surface area contributed by atoms with Crippen molar-refractivity contribution >= 4 is 28.3 Å². The Balaban J connectivity index is 1.76. The lowest BCUT2D eigenvalue weighted by molar-refractivity contribution is -0.118. The number of carbonyl (C=O) groups excluding carboxylic acids is 1. The van der Waals surface area contributed by atoms with Gasteiger partial charge in [-0.05, 0) is 24.3 Å². The molecular weight excluding hydrogens is 354 g/mol. The van der Waals surface area contributed by atoms with Crippen molar-refractivity contribution in [1.82, 2.24) is 19.6 Å². The molecule has 0 saturated heterocycles. The van der Waals surface area contributed by atoms with Crippen LogP contribution in [0.1, 0.15) is 26.6 Å². The van der Waals surface area contributed by atoms with Crippen LogP contribution in [0.5, 0.6) is 11.6 Å². The number of aryl methyl sites for hydroxylation is 1. The molecule has 0 unspecified atom stereocenters. The molecule has 4 rings (SSSR count). The summed E-state index contributed by atoms with van der Waals surface area (Å²) in [7, 11) is 0. The maximum absolute atomic E-state index is 12.0. The first-order chi connectivity index (χ1) is 13.6. The number of fused-ring (bicyclic) bond motifs is 3. The van der Waals surface area contributed by atoms with Gasteiger partial charge in [0, 0.05) is 24.1 Å². The average molecular weight is 375 g/mol. The molecule has 2 aromatic carbocycles. The summed E-state index contributed by atoms with van der Waals surface area (Å²) in [6, 6.07) is 15.0. The van der Waals surface area contributed by atoms with Gasteiger partial charge in [0.1, 0.15) is 11.6 Å². The smallest absolute Gasteiger partial charge is 0.266 e. The summed E-state index contributed by atoms with van der Waals surface area (Å²) in [5.74, 6) is 1.63. The van der Waals surface area contributed by atoms with Crippen LogP contribution in [0.3, 0.4) is 0 Å². The summed E-state index contributed by atoms with van der Waals surface area (Å²) in [5.41, 5.74) is 2.96. The van der Waals surface area contributed by atoms with Crippen LogP contribution in [0, 0.1) is 5.92 Å². The molecular formula is C21H21N5O2. The number of aromatic nitrogens is 4.